The van der Waals surface area contributed by atoms with E-state index in [2.05, 4.69) is 9.47 Å². The van der Waals surface area contributed by atoms with Crippen molar-refractivity contribution in [3.8, 4) is 0 Å². The van der Waals surface area contributed by atoms with E-state index >= 15 is 0 Å². The third kappa shape index (κ3) is 4.69. The molecule has 0 saturated carbocycles. The lowest BCUT2D eigenvalue weighted by molar-refractivity contribution is -0.385. The molecular formula is C18H18N2O8S. The van der Waals surface area contributed by atoms with Gasteiger partial charge in [0.1, 0.15) is 6.54 Å². The minimum absolute atomic E-state index is 0.0125. The largest absolute Gasteiger partial charge is 0.468 e. The number of esters is 2. The van der Waals surface area contributed by atoms with Crippen molar-refractivity contribution in [1.82, 2.24) is 0 Å². The fourth-order valence-electron chi connectivity index (χ4n) is 2.48. The van der Waals surface area contributed by atoms with Crippen molar-refractivity contribution >= 4 is 33.3 Å². The van der Waals surface area contributed by atoms with E-state index < -0.39 is 33.4 Å². The molecule has 0 heterocycles. The number of carbonyl (C=O) groups excluding carboxylic acids is 2. The molecule has 0 atom stereocenters. The molecule has 0 aromatic heterocycles. The number of aryl methyl sites for hydroxylation is 1. The zero-order chi connectivity index (χ0) is 21.8. The summed E-state index contributed by atoms with van der Waals surface area (Å²) in [5, 5.41) is 11.2. The molecule has 0 spiro atoms. The second kappa shape index (κ2) is 8.69. The molecule has 0 saturated heterocycles. The SMILES string of the molecule is COC(=O)CN(c1cccc(C(=O)OC)c1)S(=O)(=O)c1ccc(C)c([N+](=O)[O-])c1. The normalized spacial score (nSPS) is 10.9. The van der Waals surface area contributed by atoms with Crippen LogP contribution in [0.25, 0.3) is 0 Å². The number of hydrogen-bond acceptors (Lipinski definition) is 8. The first-order valence-electron chi connectivity index (χ1n) is 8.14. The topological polar surface area (TPSA) is 133 Å². The number of carbonyl (C=O) groups is 2. The smallest absolute Gasteiger partial charge is 0.337 e. The van der Waals surface area contributed by atoms with Crippen LogP contribution in [0.4, 0.5) is 11.4 Å². The van der Waals surface area contributed by atoms with Crippen LogP contribution in [0.15, 0.2) is 47.4 Å². The zero-order valence-electron chi connectivity index (χ0n) is 15.8. The van der Waals surface area contributed by atoms with E-state index in [1.54, 1.807) is 0 Å². The highest BCUT2D eigenvalue weighted by Crippen LogP contribution is 2.28. The van der Waals surface area contributed by atoms with E-state index in [0.717, 1.165) is 13.2 Å². The molecule has 0 N–H and O–H groups in total. The Balaban J connectivity index is 2.63. The van der Waals surface area contributed by atoms with Gasteiger partial charge < -0.3 is 9.47 Å². The van der Waals surface area contributed by atoms with Gasteiger partial charge >= 0.3 is 11.9 Å². The van der Waals surface area contributed by atoms with Gasteiger partial charge in [-0.25, -0.2) is 13.2 Å². The predicted octanol–water partition coefficient (Wildman–Crippen LogP) is 2.06. The van der Waals surface area contributed by atoms with Gasteiger partial charge in [0.15, 0.2) is 0 Å². The highest BCUT2D eigenvalue weighted by Gasteiger charge is 2.30. The van der Waals surface area contributed by atoms with Gasteiger partial charge in [0.25, 0.3) is 15.7 Å². The summed E-state index contributed by atoms with van der Waals surface area (Å²) < 4.78 is 36.3. The Morgan fingerprint density at radius 2 is 1.79 bits per heavy atom. The molecule has 0 bridgehead atoms. The molecule has 154 valence electrons. The summed E-state index contributed by atoms with van der Waals surface area (Å²) in [5.74, 6) is -1.56. The summed E-state index contributed by atoms with van der Waals surface area (Å²) in [6.07, 6.45) is 0. The number of methoxy groups -OCH3 is 2. The minimum atomic E-state index is -4.41. The predicted molar refractivity (Wildman–Crippen MR) is 102 cm³/mol. The first-order chi connectivity index (χ1) is 13.6. The quantitative estimate of drug-likeness (QED) is 0.376. The Labute approximate surface area is 166 Å². The molecule has 0 unspecified atom stereocenters. The Hall–Kier alpha value is -3.47. The molecule has 2 aromatic carbocycles. The monoisotopic (exact) mass is 422 g/mol. The van der Waals surface area contributed by atoms with Crippen molar-refractivity contribution in [3.63, 3.8) is 0 Å². The maximum absolute atomic E-state index is 13.2. The van der Waals surface area contributed by atoms with Crippen LogP contribution >= 0.6 is 0 Å². The summed E-state index contributed by atoms with van der Waals surface area (Å²) in [6, 6.07) is 8.84. The second-order valence-electron chi connectivity index (χ2n) is 5.84. The first kappa shape index (κ1) is 21.8. The molecule has 0 amide bonds. The van der Waals surface area contributed by atoms with Crippen LogP contribution in [0.2, 0.25) is 0 Å². The van der Waals surface area contributed by atoms with E-state index in [4.69, 9.17) is 0 Å². The molecule has 2 rings (SSSR count). The van der Waals surface area contributed by atoms with Gasteiger partial charge in [-0.3, -0.25) is 19.2 Å². The number of nitro groups is 1. The van der Waals surface area contributed by atoms with E-state index in [-0.39, 0.29) is 27.4 Å². The van der Waals surface area contributed by atoms with Gasteiger partial charge in [-0.1, -0.05) is 12.1 Å². The third-order valence-electron chi connectivity index (χ3n) is 4.02. The van der Waals surface area contributed by atoms with Gasteiger partial charge in [-0.15, -0.1) is 0 Å². The third-order valence-corrected chi connectivity index (χ3v) is 5.79. The van der Waals surface area contributed by atoms with Gasteiger partial charge in [-0.05, 0) is 31.2 Å². The molecule has 29 heavy (non-hydrogen) atoms. The molecule has 0 fully saturated rings. The Bertz CT molecular complexity index is 1070. The minimum Gasteiger partial charge on any atom is -0.468 e. The Morgan fingerprint density at radius 3 is 2.38 bits per heavy atom. The van der Waals surface area contributed by atoms with E-state index in [1.165, 1.54) is 50.4 Å². The fourth-order valence-corrected chi connectivity index (χ4v) is 3.90. The van der Waals surface area contributed by atoms with Crippen LogP contribution in [-0.2, 0) is 24.3 Å². The molecule has 11 heteroatoms. The van der Waals surface area contributed by atoms with Crippen LogP contribution in [0.5, 0.6) is 0 Å². The molecule has 2 aromatic rings. The van der Waals surface area contributed by atoms with Crippen LogP contribution in [0.1, 0.15) is 15.9 Å². The maximum Gasteiger partial charge on any atom is 0.337 e. The van der Waals surface area contributed by atoms with Crippen molar-refractivity contribution < 1.29 is 32.4 Å². The zero-order valence-corrected chi connectivity index (χ0v) is 16.6. The lowest BCUT2D eigenvalue weighted by Crippen LogP contribution is -2.36. The van der Waals surface area contributed by atoms with Crippen molar-refractivity contribution in [3.05, 3.63) is 63.7 Å². The number of hydrogen-bond donors (Lipinski definition) is 0. The van der Waals surface area contributed by atoms with Crippen LogP contribution < -0.4 is 4.31 Å². The van der Waals surface area contributed by atoms with Crippen LogP contribution in [0.3, 0.4) is 0 Å². The van der Waals surface area contributed by atoms with Crippen molar-refractivity contribution in [2.75, 3.05) is 25.1 Å². The summed E-state index contributed by atoms with van der Waals surface area (Å²) in [4.78, 5) is 33.7. The Kier molecular flexibility index (Phi) is 6.54. The number of benzene rings is 2. The molecular weight excluding hydrogens is 404 g/mol. The molecule has 0 aliphatic heterocycles. The number of ether oxygens (including phenoxy) is 2. The summed E-state index contributed by atoms with van der Waals surface area (Å²) >= 11 is 0. The molecule has 0 aliphatic rings. The van der Waals surface area contributed by atoms with Crippen molar-refractivity contribution in [2.24, 2.45) is 0 Å². The number of anilines is 1. The number of nitrogens with zero attached hydrogens (tertiary/aromatic N) is 2. The Morgan fingerprint density at radius 1 is 1.10 bits per heavy atom. The van der Waals surface area contributed by atoms with Crippen LogP contribution in [-0.4, -0.2) is 46.0 Å². The van der Waals surface area contributed by atoms with E-state index in [9.17, 15) is 28.1 Å². The standard InChI is InChI=1S/C18H18N2O8S/c1-12-7-8-15(10-16(12)20(23)24)29(25,26)19(11-17(21)27-2)14-6-4-5-13(9-14)18(22)28-3/h4-10H,11H2,1-3H3. The second-order valence-corrected chi connectivity index (χ2v) is 7.70. The maximum atomic E-state index is 13.2. The molecule has 10 nitrogen and oxygen atoms in total. The van der Waals surface area contributed by atoms with Gasteiger partial charge in [0.05, 0.1) is 35.3 Å². The van der Waals surface area contributed by atoms with Gasteiger partial charge in [0.2, 0.25) is 0 Å². The lowest BCUT2D eigenvalue weighted by atomic mass is 10.2. The van der Waals surface area contributed by atoms with Gasteiger partial charge in [-0.2, -0.15) is 0 Å². The number of rotatable bonds is 7. The van der Waals surface area contributed by atoms with Crippen molar-refractivity contribution in [1.29, 1.82) is 0 Å². The average Bonchev–Trinajstić information content (AvgIpc) is 2.70. The molecule has 0 aliphatic carbocycles. The van der Waals surface area contributed by atoms with Crippen molar-refractivity contribution in [2.45, 2.75) is 11.8 Å². The fraction of sp³-hybridized carbons (Fsp3) is 0.222. The lowest BCUT2D eigenvalue weighted by Gasteiger charge is -2.23. The highest BCUT2D eigenvalue weighted by atomic mass is 32.2. The summed E-state index contributed by atoms with van der Waals surface area (Å²) in [6.45, 7) is 0.770. The average molecular weight is 422 g/mol. The van der Waals surface area contributed by atoms with Gasteiger partial charge in [0, 0.05) is 11.6 Å². The van der Waals surface area contributed by atoms with E-state index in [1.807, 2.05) is 0 Å². The summed E-state index contributed by atoms with van der Waals surface area (Å²) in [7, 11) is -2.14. The van der Waals surface area contributed by atoms with Crippen LogP contribution in [0, 0.1) is 17.0 Å². The van der Waals surface area contributed by atoms with E-state index in [0.29, 0.717) is 4.31 Å². The highest BCUT2D eigenvalue weighted by molar-refractivity contribution is 7.92. The number of nitro benzene ring substituents is 1. The molecule has 0 radical (unpaired) electrons. The first-order valence-corrected chi connectivity index (χ1v) is 9.58. The summed E-state index contributed by atoms with van der Waals surface area (Å²) in [5.41, 5.74) is -0.0555. The number of sulfonamides is 1.